The van der Waals surface area contributed by atoms with Crippen molar-refractivity contribution >= 4 is 27.5 Å². The van der Waals surface area contributed by atoms with Crippen molar-refractivity contribution in [1.82, 2.24) is 0 Å². The summed E-state index contributed by atoms with van der Waals surface area (Å²) in [4.78, 5) is -0.210. The van der Waals surface area contributed by atoms with Gasteiger partial charge in [-0.15, -0.1) is 0 Å². The molecular weight excluding hydrogens is 343 g/mol. The van der Waals surface area contributed by atoms with Gasteiger partial charge in [0, 0.05) is 12.7 Å². The number of methoxy groups -OCH3 is 1. The van der Waals surface area contributed by atoms with E-state index >= 15 is 0 Å². The van der Waals surface area contributed by atoms with Crippen molar-refractivity contribution in [2.45, 2.75) is 11.2 Å². The monoisotopic (exact) mass is 356 g/mol. The van der Waals surface area contributed by atoms with Crippen molar-refractivity contribution in [2.24, 2.45) is 0 Å². The van der Waals surface area contributed by atoms with E-state index in [4.69, 9.17) is 16.3 Å². The molecule has 0 fully saturated rings. The molecule has 0 aliphatic heterocycles. The quantitative estimate of drug-likeness (QED) is 0.672. The van der Waals surface area contributed by atoms with Crippen molar-refractivity contribution in [1.29, 1.82) is 0 Å². The third kappa shape index (κ3) is 3.60. The van der Waals surface area contributed by atoms with Gasteiger partial charge in [-0.25, -0.2) is 4.39 Å². The lowest BCUT2D eigenvalue weighted by atomic mass is 10.0. The molecule has 2 aromatic rings. The highest BCUT2D eigenvalue weighted by atomic mass is 79.9. The summed E-state index contributed by atoms with van der Waals surface area (Å²) >= 11 is 9.35. The Bertz CT molecular complexity index is 571. The minimum absolute atomic E-state index is 0.142. The predicted octanol–water partition coefficient (Wildman–Crippen LogP) is 5.15. The van der Waals surface area contributed by atoms with Crippen LogP contribution in [-0.4, -0.2) is 13.7 Å². The van der Waals surface area contributed by atoms with Crippen LogP contribution in [-0.2, 0) is 11.2 Å². The molecule has 4 heteroatoms. The van der Waals surface area contributed by atoms with Crippen LogP contribution < -0.4 is 0 Å². The molecule has 0 saturated carbocycles. The van der Waals surface area contributed by atoms with E-state index in [0.29, 0.717) is 12.2 Å². The number of hydrogen-bond donors (Lipinski definition) is 0. The maximum Gasteiger partial charge on any atom is 0.146 e. The van der Waals surface area contributed by atoms with E-state index in [1.54, 1.807) is 25.3 Å². The SMILES string of the molecule is COCCc1ccc(C(Br)c2cccc(Cl)c2F)cc1. The highest BCUT2D eigenvalue weighted by Crippen LogP contribution is 2.34. The Morgan fingerprint density at radius 3 is 2.55 bits per heavy atom. The maximum atomic E-state index is 14.0. The molecule has 0 amide bonds. The molecule has 0 radical (unpaired) electrons. The lowest BCUT2D eigenvalue weighted by Crippen LogP contribution is -1.98. The highest BCUT2D eigenvalue weighted by Gasteiger charge is 2.16. The van der Waals surface area contributed by atoms with Gasteiger partial charge in [0.1, 0.15) is 5.82 Å². The fourth-order valence-corrected chi connectivity index (χ4v) is 2.81. The first-order chi connectivity index (χ1) is 9.63. The maximum absolute atomic E-state index is 14.0. The van der Waals surface area contributed by atoms with Gasteiger partial charge in [0.05, 0.1) is 16.5 Å². The Hall–Kier alpha value is -0.900. The largest absolute Gasteiger partial charge is 0.384 e. The molecule has 106 valence electrons. The molecule has 2 aromatic carbocycles. The number of halogens is 3. The van der Waals surface area contributed by atoms with Gasteiger partial charge in [-0.1, -0.05) is 63.9 Å². The Kier molecular flexibility index (Phi) is 5.58. The fourth-order valence-electron chi connectivity index (χ4n) is 1.97. The molecule has 0 heterocycles. The van der Waals surface area contributed by atoms with Gasteiger partial charge < -0.3 is 4.74 Å². The molecule has 0 spiro atoms. The van der Waals surface area contributed by atoms with Crippen LogP contribution in [0.3, 0.4) is 0 Å². The summed E-state index contributed by atoms with van der Waals surface area (Å²) in [7, 11) is 1.69. The van der Waals surface area contributed by atoms with Gasteiger partial charge in [0.25, 0.3) is 0 Å². The molecule has 1 atom stereocenters. The van der Waals surface area contributed by atoms with E-state index in [0.717, 1.165) is 12.0 Å². The van der Waals surface area contributed by atoms with E-state index in [2.05, 4.69) is 15.9 Å². The highest BCUT2D eigenvalue weighted by molar-refractivity contribution is 9.09. The number of ether oxygens (including phenoxy) is 1. The molecule has 2 rings (SSSR count). The Labute approximate surface area is 131 Å². The van der Waals surface area contributed by atoms with E-state index in [1.807, 2.05) is 24.3 Å². The molecule has 1 unspecified atom stereocenters. The van der Waals surface area contributed by atoms with Gasteiger partial charge >= 0.3 is 0 Å². The molecule has 20 heavy (non-hydrogen) atoms. The van der Waals surface area contributed by atoms with Crippen LogP contribution in [0.4, 0.5) is 4.39 Å². The molecule has 0 saturated heterocycles. The molecule has 0 bridgehead atoms. The zero-order valence-electron chi connectivity index (χ0n) is 11.1. The number of rotatable bonds is 5. The smallest absolute Gasteiger partial charge is 0.146 e. The summed E-state index contributed by atoms with van der Waals surface area (Å²) in [5, 5.41) is 0.142. The molecule has 0 aliphatic carbocycles. The number of benzene rings is 2. The summed E-state index contributed by atoms with van der Waals surface area (Å²) in [6.07, 6.45) is 0.870. The van der Waals surface area contributed by atoms with Crippen LogP contribution >= 0.6 is 27.5 Å². The van der Waals surface area contributed by atoms with Gasteiger partial charge in [0.15, 0.2) is 0 Å². The van der Waals surface area contributed by atoms with Gasteiger partial charge in [0.2, 0.25) is 0 Å². The van der Waals surface area contributed by atoms with E-state index in [-0.39, 0.29) is 15.7 Å². The molecule has 0 N–H and O–H groups in total. The summed E-state index contributed by atoms with van der Waals surface area (Å²) < 4.78 is 19.1. The third-order valence-electron chi connectivity index (χ3n) is 3.12. The average molecular weight is 358 g/mol. The minimum atomic E-state index is -0.375. The van der Waals surface area contributed by atoms with Gasteiger partial charge in [-0.2, -0.15) is 0 Å². The lowest BCUT2D eigenvalue weighted by molar-refractivity contribution is 0.202. The van der Waals surface area contributed by atoms with E-state index < -0.39 is 0 Å². The third-order valence-corrected chi connectivity index (χ3v) is 4.44. The normalized spacial score (nSPS) is 12.4. The summed E-state index contributed by atoms with van der Waals surface area (Å²) in [6.45, 7) is 0.694. The van der Waals surface area contributed by atoms with Crippen molar-refractivity contribution < 1.29 is 9.13 Å². The molecular formula is C16H15BrClFO. The van der Waals surface area contributed by atoms with Gasteiger partial charge in [-0.3, -0.25) is 0 Å². The van der Waals surface area contributed by atoms with Crippen molar-refractivity contribution in [3.05, 3.63) is 70.0 Å². The molecule has 0 aromatic heterocycles. The molecule has 1 nitrogen and oxygen atoms in total. The first-order valence-electron chi connectivity index (χ1n) is 6.29. The fraction of sp³-hybridized carbons (Fsp3) is 0.250. The van der Waals surface area contributed by atoms with Crippen molar-refractivity contribution in [3.8, 4) is 0 Å². The van der Waals surface area contributed by atoms with Gasteiger partial charge in [-0.05, 0) is 23.6 Å². The van der Waals surface area contributed by atoms with Crippen molar-refractivity contribution in [3.63, 3.8) is 0 Å². The average Bonchev–Trinajstić information content (AvgIpc) is 2.48. The topological polar surface area (TPSA) is 9.23 Å². The Morgan fingerprint density at radius 1 is 1.20 bits per heavy atom. The summed E-state index contributed by atoms with van der Waals surface area (Å²) in [6, 6.07) is 13.1. The lowest BCUT2D eigenvalue weighted by Gasteiger charge is -2.13. The zero-order chi connectivity index (χ0) is 14.5. The second-order valence-electron chi connectivity index (χ2n) is 4.49. The second kappa shape index (κ2) is 7.21. The zero-order valence-corrected chi connectivity index (χ0v) is 13.4. The van der Waals surface area contributed by atoms with Crippen LogP contribution in [0.2, 0.25) is 5.02 Å². The van der Waals surface area contributed by atoms with Crippen LogP contribution in [0, 0.1) is 5.82 Å². The number of alkyl halides is 1. The van der Waals surface area contributed by atoms with E-state index in [1.165, 1.54) is 5.56 Å². The van der Waals surface area contributed by atoms with Crippen molar-refractivity contribution in [2.75, 3.05) is 13.7 Å². The van der Waals surface area contributed by atoms with Crippen LogP contribution in [0.15, 0.2) is 42.5 Å². The minimum Gasteiger partial charge on any atom is -0.384 e. The Morgan fingerprint density at radius 2 is 1.90 bits per heavy atom. The summed E-state index contributed by atoms with van der Waals surface area (Å²) in [5.74, 6) is -0.375. The van der Waals surface area contributed by atoms with Crippen LogP contribution in [0.1, 0.15) is 21.5 Å². The summed E-state index contributed by atoms with van der Waals surface area (Å²) in [5.41, 5.74) is 2.73. The second-order valence-corrected chi connectivity index (χ2v) is 5.81. The number of hydrogen-bond acceptors (Lipinski definition) is 1. The first kappa shape index (κ1) is 15.5. The molecule has 0 aliphatic rings. The Balaban J connectivity index is 2.20. The van der Waals surface area contributed by atoms with E-state index in [9.17, 15) is 4.39 Å². The van der Waals surface area contributed by atoms with Crippen LogP contribution in [0.5, 0.6) is 0 Å². The first-order valence-corrected chi connectivity index (χ1v) is 7.58. The van der Waals surface area contributed by atoms with Crippen LogP contribution in [0.25, 0.3) is 0 Å². The standard InChI is InChI=1S/C16H15BrClFO/c1-20-10-9-11-5-7-12(8-6-11)15(17)13-3-2-4-14(18)16(13)19/h2-8,15H,9-10H2,1H3. The predicted molar refractivity (Wildman–Crippen MR) is 84.2 cm³/mol.